The summed E-state index contributed by atoms with van der Waals surface area (Å²) in [5.41, 5.74) is -0.466. The first kappa shape index (κ1) is 33.4. The van der Waals surface area contributed by atoms with E-state index in [2.05, 4.69) is 18.0 Å². The van der Waals surface area contributed by atoms with Gasteiger partial charge in [0.1, 0.15) is 22.9 Å². The van der Waals surface area contributed by atoms with Gasteiger partial charge in [-0.05, 0) is 57.2 Å². The summed E-state index contributed by atoms with van der Waals surface area (Å²) >= 11 is 1.25. The number of nitriles is 1. The third-order valence-corrected chi connectivity index (χ3v) is 7.84. The molecule has 3 heterocycles. The minimum Gasteiger partial charge on any atom is -0.444 e. The molecule has 10 nitrogen and oxygen atoms in total. The molecule has 11 heteroatoms. The van der Waals surface area contributed by atoms with E-state index in [0.717, 1.165) is 36.5 Å². The van der Waals surface area contributed by atoms with Crippen molar-refractivity contribution >= 4 is 27.8 Å². The Labute approximate surface area is 243 Å². The van der Waals surface area contributed by atoms with Crippen molar-refractivity contribution in [3.05, 3.63) is 74.3 Å². The Morgan fingerprint density at radius 3 is 2.44 bits per heavy atom. The van der Waals surface area contributed by atoms with Gasteiger partial charge in [-0.3, -0.25) is 9.36 Å². The van der Waals surface area contributed by atoms with Crippen molar-refractivity contribution in [1.29, 1.82) is 5.26 Å². The summed E-state index contributed by atoms with van der Waals surface area (Å²) in [7, 11) is 1.00. The highest BCUT2D eigenvalue weighted by Crippen LogP contribution is 2.35. The Hall–Kier alpha value is -3.85. The third-order valence-electron chi connectivity index (χ3n) is 6.54. The molecule has 0 fully saturated rings. The van der Waals surface area contributed by atoms with Gasteiger partial charge in [0, 0.05) is 13.7 Å². The zero-order chi connectivity index (χ0) is 30.7. The second kappa shape index (κ2) is 15.2. The number of fused-ring (bicyclic) bond motifs is 1. The maximum absolute atomic E-state index is 13.5. The van der Waals surface area contributed by atoms with Gasteiger partial charge in [0.2, 0.25) is 5.89 Å². The van der Waals surface area contributed by atoms with Gasteiger partial charge in [0.15, 0.2) is 0 Å². The van der Waals surface area contributed by atoms with E-state index in [1.807, 2.05) is 19.1 Å². The van der Waals surface area contributed by atoms with Gasteiger partial charge in [0.05, 0.1) is 34.2 Å². The van der Waals surface area contributed by atoms with Gasteiger partial charge in [-0.2, -0.15) is 5.26 Å². The summed E-state index contributed by atoms with van der Waals surface area (Å²) in [5, 5.41) is 25.6. The number of carbonyl (C=O) groups excluding carboxylic acids is 1. The Morgan fingerprint density at radius 1 is 1.22 bits per heavy atom. The highest BCUT2D eigenvalue weighted by molar-refractivity contribution is 7.22. The van der Waals surface area contributed by atoms with Crippen LogP contribution in [0.15, 0.2) is 50.7 Å². The summed E-state index contributed by atoms with van der Waals surface area (Å²) in [4.78, 5) is 43.9. The number of rotatable bonds is 9. The molecule has 0 saturated heterocycles. The molecule has 1 aromatic carbocycles. The SMILES string of the molecule is CCCC(O)CC.CO.Cc1c(-c2ncco2)sc2c1c(=O)n(C(C)(C)C=O)c(=O)n2CCc1ccccc1C#N. The maximum atomic E-state index is 13.5. The lowest BCUT2D eigenvalue weighted by molar-refractivity contribution is -0.114. The van der Waals surface area contributed by atoms with E-state index in [-0.39, 0.29) is 12.6 Å². The van der Waals surface area contributed by atoms with Crippen molar-refractivity contribution in [1.82, 2.24) is 14.1 Å². The molecule has 1 atom stereocenters. The predicted molar refractivity (Wildman–Crippen MR) is 160 cm³/mol. The molecule has 0 radical (unpaired) electrons. The number of hydrogen-bond acceptors (Lipinski definition) is 9. The van der Waals surface area contributed by atoms with Crippen molar-refractivity contribution in [2.45, 2.75) is 78.5 Å². The molecule has 3 aromatic heterocycles. The van der Waals surface area contributed by atoms with E-state index in [4.69, 9.17) is 14.6 Å². The van der Waals surface area contributed by atoms with E-state index < -0.39 is 16.8 Å². The highest BCUT2D eigenvalue weighted by atomic mass is 32.1. The summed E-state index contributed by atoms with van der Waals surface area (Å²) < 4.78 is 7.93. The van der Waals surface area contributed by atoms with E-state index in [1.165, 1.54) is 42.2 Å². The number of nitrogens with zero attached hydrogens (tertiary/aromatic N) is 4. The number of thiophene rings is 1. The van der Waals surface area contributed by atoms with Crippen LogP contribution in [0.1, 0.15) is 63.6 Å². The van der Waals surface area contributed by atoms with Gasteiger partial charge in [-0.15, -0.1) is 11.3 Å². The zero-order valence-electron chi connectivity index (χ0n) is 24.4. The van der Waals surface area contributed by atoms with Crippen LogP contribution in [0, 0.1) is 18.3 Å². The smallest absolute Gasteiger partial charge is 0.332 e. The van der Waals surface area contributed by atoms with Gasteiger partial charge in [-0.25, -0.2) is 14.3 Å². The van der Waals surface area contributed by atoms with Crippen LogP contribution in [-0.4, -0.2) is 43.8 Å². The number of oxazole rings is 1. The lowest BCUT2D eigenvalue weighted by Crippen LogP contribution is -2.49. The van der Waals surface area contributed by atoms with Crippen molar-refractivity contribution in [2.24, 2.45) is 0 Å². The Bertz CT molecular complexity index is 1590. The Morgan fingerprint density at radius 2 is 1.90 bits per heavy atom. The number of benzene rings is 1. The molecule has 4 aromatic rings. The van der Waals surface area contributed by atoms with Gasteiger partial charge < -0.3 is 19.4 Å². The zero-order valence-corrected chi connectivity index (χ0v) is 25.2. The molecule has 1 unspecified atom stereocenters. The van der Waals surface area contributed by atoms with Gasteiger partial charge in [0.25, 0.3) is 5.56 Å². The second-order valence-corrected chi connectivity index (χ2v) is 10.8. The topological polar surface area (TPSA) is 151 Å². The molecule has 0 aliphatic heterocycles. The molecule has 4 rings (SSSR count). The summed E-state index contributed by atoms with van der Waals surface area (Å²) in [6, 6.07) is 9.34. The molecule has 41 heavy (non-hydrogen) atoms. The molecule has 2 N–H and O–H groups in total. The highest BCUT2D eigenvalue weighted by Gasteiger charge is 2.29. The summed E-state index contributed by atoms with van der Waals surface area (Å²) in [5.74, 6) is 0.359. The standard InChI is InChI=1S/C23H20N4O4S.C6H14O.CH4O/c1-14-17-20(29)27(23(2,3)13-28)22(30)26(10-8-15-6-4-5-7-16(15)12-24)21(17)32-18(14)19-25-9-11-31-19;1-3-5-6(7)4-2;1-2/h4-7,9,11,13H,8,10H2,1-3H3;6-7H,3-5H2,1-2H3;2H,1H3. The molecule has 0 bridgehead atoms. The number of carbonyl (C=O) groups is 1. The van der Waals surface area contributed by atoms with Crippen molar-refractivity contribution in [2.75, 3.05) is 7.11 Å². The quantitative estimate of drug-likeness (QED) is 0.276. The molecule has 0 amide bonds. The fraction of sp³-hybridized carbons (Fsp3) is 0.433. The average molecular weight is 583 g/mol. The van der Waals surface area contributed by atoms with Crippen LogP contribution in [-0.2, 0) is 23.3 Å². The van der Waals surface area contributed by atoms with Crippen LogP contribution in [0.5, 0.6) is 0 Å². The largest absolute Gasteiger partial charge is 0.444 e. The third kappa shape index (κ3) is 7.47. The minimum atomic E-state index is -1.33. The van der Waals surface area contributed by atoms with Crippen LogP contribution in [0.2, 0.25) is 0 Å². The van der Waals surface area contributed by atoms with Crippen molar-refractivity contribution < 1.29 is 19.4 Å². The molecule has 0 aliphatic rings. The van der Waals surface area contributed by atoms with Crippen molar-refractivity contribution in [3.8, 4) is 16.8 Å². The lowest BCUT2D eigenvalue weighted by atomic mass is 10.1. The first-order chi connectivity index (χ1) is 19.6. The van der Waals surface area contributed by atoms with Gasteiger partial charge >= 0.3 is 5.69 Å². The molecule has 0 aliphatic carbocycles. The maximum Gasteiger partial charge on any atom is 0.332 e. The first-order valence-electron chi connectivity index (χ1n) is 13.4. The van der Waals surface area contributed by atoms with E-state index in [0.29, 0.717) is 44.8 Å². The average Bonchev–Trinajstić information content (AvgIpc) is 3.63. The predicted octanol–water partition coefficient (Wildman–Crippen LogP) is 4.40. The molecule has 220 valence electrons. The summed E-state index contributed by atoms with van der Waals surface area (Å²) in [6.07, 6.45) is 6.85. The van der Waals surface area contributed by atoms with Crippen LogP contribution < -0.4 is 11.2 Å². The van der Waals surface area contributed by atoms with Crippen LogP contribution >= 0.6 is 11.3 Å². The van der Waals surface area contributed by atoms with E-state index >= 15 is 0 Å². The second-order valence-electron chi connectivity index (χ2n) is 9.79. The van der Waals surface area contributed by atoms with Crippen LogP contribution in [0.4, 0.5) is 0 Å². The molecular weight excluding hydrogens is 544 g/mol. The molecule has 0 saturated carbocycles. The van der Waals surface area contributed by atoms with E-state index in [9.17, 15) is 19.6 Å². The number of hydrogen-bond donors (Lipinski definition) is 2. The van der Waals surface area contributed by atoms with Crippen LogP contribution in [0.25, 0.3) is 21.0 Å². The Balaban J connectivity index is 0.000000573. The minimum absolute atomic E-state index is 0.0509. The fourth-order valence-corrected chi connectivity index (χ4v) is 5.52. The van der Waals surface area contributed by atoms with Crippen molar-refractivity contribution in [3.63, 3.8) is 0 Å². The van der Waals surface area contributed by atoms with Gasteiger partial charge in [-0.1, -0.05) is 38.5 Å². The number of aliphatic hydroxyl groups excluding tert-OH is 2. The fourth-order valence-electron chi connectivity index (χ4n) is 4.26. The normalized spacial score (nSPS) is 11.6. The number of aldehydes is 1. The molecule has 0 spiro atoms. The number of aryl methyl sites for hydroxylation is 3. The van der Waals surface area contributed by atoms with Crippen LogP contribution in [0.3, 0.4) is 0 Å². The monoisotopic (exact) mass is 582 g/mol. The van der Waals surface area contributed by atoms with E-state index in [1.54, 1.807) is 19.1 Å². The molecular formula is C30H38N4O6S. The Kier molecular flexibility index (Phi) is 12.4. The lowest BCUT2D eigenvalue weighted by Gasteiger charge is -2.22. The number of aromatic nitrogens is 3. The summed E-state index contributed by atoms with van der Waals surface area (Å²) in [6.45, 7) is 9.15. The first-order valence-corrected chi connectivity index (χ1v) is 14.2. The number of aliphatic hydroxyl groups is 2.